The number of esters is 3. The van der Waals surface area contributed by atoms with Gasteiger partial charge in [-0.3, -0.25) is 9.59 Å². The van der Waals surface area contributed by atoms with Crippen LogP contribution in [0.5, 0.6) is 0 Å². The molecule has 0 amide bonds. The van der Waals surface area contributed by atoms with E-state index in [2.05, 4.69) is 6.08 Å². The zero-order valence-electron chi connectivity index (χ0n) is 17.4. The van der Waals surface area contributed by atoms with Gasteiger partial charge in [-0.25, -0.2) is 4.79 Å². The Morgan fingerprint density at radius 3 is 2.61 bits per heavy atom. The summed E-state index contributed by atoms with van der Waals surface area (Å²) in [4.78, 5) is 35.6. The Balaban J connectivity index is 2.30. The van der Waals surface area contributed by atoms with E-state index >= 15 is 0 Å². The summed E-state index contributed by atoms with van der Waals surface area (Å²) in [7, 11) is 0. The quantitative estimate of drug-likeness (QED) is 0.404. The number of carbonyl (C=O) groups is 3. The number of carbonyl (C=O) groups excluding carboxylic acids is 3. The van der Waals surface area contributed by atoms with Crippen LogP contribution in [0.3, 0.4) is 0 Å². The van der Waals surface area contributed by atoms with E-state index in [1.807, 2.05) is 33.8 Å². The minimum absolute atomic E-state index is 0.0809. The Labute approximate surface area is 166 Å². The van der Waals surface area contributed by atoms with Crippen LogP contribution >= 0.6 is 0 Å². The molecule has 2 atom stereocenters. The number of ether oxygens (including phenoxy) is 3. The van der Waals surface area contributed by atoms with Gasteiger partial charge in [0.25, 0.3) is 0 Å². The predicted octanol–water partition coefficient (Wildman–Crippen LogP) is 3.81. The zero-order valence-corrected chi connectivity index (χ0v) is 17.4. The van der Waals surface area contributed by atoms with E-state index in [9.17, 15) is 14.4 Å². The van der Waals surface area contributed by atoms with Gasteiger partial charge in [-0.05, 0) is 49.8 Å². The zero-order chi connectivity index (χ0) is 20.8. The fourth-order valence-electron chi connectivity index (χ4n) is 3.27. The predicted molar refractivity (Wildman–Crippen MR) is 104 cm³/mol. The molecule has 0 spiro atoms. The lowest BCUT2D eigenvalue weighted by molar-refractivity contribution is -0.148. The van der Waals surface area contributed by atoms with Gasteiger partial charge in [-0.15, -0.1) is 0 Å². The van der Waals surface area contributed by atoms with E-state index < -0.39 is 24.1 Å². The third-order valence-corrected chi connectivity index (χ3v) is 4.87. The molecule has 154 valence electrons. The first-order valence-corrected chi connectivity index (χ1v) is 9.77. The van der Waals surface area contributed by atoms with E-state index in [1.165, 1.54) is 6.92 Å². The molecule has 28 heavy (non-hydrogen) atoms. The molecule has 0 aromatic rings. The summed E-state index contributed by atoms with van der Waals surface area (Å²) in [5.74, 6) is -0.906. The van der Waals surface area contributed by atoms with Gasteiger partial charge < -0.3 is 14.2 Å². The van der Waals surface area contributed by atoms with Gasteiger partial charge in [0.1, 0.15) is 18.8 Å². The molecule has 6 heteroatoms. The third kappa shape index (κ3) is 6.08. The Bertz CT molecular complexity index is 725. The molecule has 0 aromatic carbocycles. The smallest absolute Gasteiger partial charge is 0.338 e. The second-order valence-corrected chi connectivity index (χ2v) is 7.88. The topological polar surface area (TPSA) is 78.9 Å². The molecule has 0 fully saturated rings. The van der Waals surface area contributed by atoms with Crippen molar-refractivity contribution in [1.82, 2.24) is 0 Å². The molecule has 0 bridgehead atoms. The van der Waals surface area contributed by atoms with Crippen molar-refractivity contribution in [3.63, 3.8) is 0 Å². The minimum atomic E-state index is -0.518. The van der Waals surface area contributed by atoms with Gasteiger partial charge in [-0.2, -0.15) is 0 Å². The number of allylic oxidation sites excluding steroid dienone is 1. The molecule has 0 radical (unpaired) electrons. The van der Waals surface area contributed by atoms with Crippen LogP contribution in [-0.2, 0) is 28.6 Å². The van der Waals surface area contributed by atoms with E-state index in [0.29, 0.717) is 24.8 Å². The van der Waals surface area contributed by atoms with Gasteiger partial charge in [0.2, 0.25) is 0 Å². The van der Waals surface area contributed by atoms with Gasteiger partial charge in [0.05, 0.1) is 5.57 Å². The largest absolute Gasteiger partial charge is 0.461 e. The van der Waals surface area contributed by atoms with Gasteiger partial charge in [0.15, 0.2) is 0 Å². The summed E-state index contributed by atoms with van der Waals surface area (Å²) in [5.41, 5.74) is 3.22. The number of rotatable bonds is 5. The minimum Gasteiger partial charge on any atom is -0.461 e. The first kappa shape index (κ1) is 21.9. The van der Waals surface area contributed by atoms with E-state index in [0.717, 1.165) is 23.1 Å². The molecule has 1 aliphatic carbocycles. The van der Waals surface area contributed by atoms with Crippen LogP contribution in [0.25, 0.3) is 0 Å². The van der Waals surface area contributed by atoms with Gasteiger partial charge >= 0.3 is 17.9 Å². The molecule has 0 unspecified atom stereocenters. The van der Waals surface area contributed by atoms with Gasteiger partial charge in [0, 0.05) is 19.8 Å². The van der Waals surface area contributed by atoms with Crippen LogP contribution in [0.4, 0.5) is 0 Å². The summed E-state index contributed by atoms with van der Waals surface area (Å²) in [6, 6.07) is 0. The highest BCUT2D eigenvalue weighted by Crippen LogP contribution is 2.32. The molecular formula is C22H30O6. The van der Waals surface area contributed by atoms with Crippen molar-refractivity contribution in [3.05, 3.63) is 34.4 Å². The molecule has 0 aromatic heterocycles. The van der Waals surface area contributed by atoms with Crippen LogP contribution in [0.1, 0.15) is 60.3 Å². The number of fused-ring (bicyclic) bond motifs is 1. The maximum absolute atomic E-state index is 12.3. The third-order valence-electron chi connectivity index (χ3n) is 4.87. The molecule has 0 saturated carbocycles. The van der Waals surface area contributed by atoms with Crippen molar-refractivity contribution in [1.29, 1.82) is 0 Å². The Morgan fingerprint density at radius 2 is 1.96 bits per heavy atom. The molecule has 2 rings (SSSR count). The lowest BCUT2D eigenvalue weighted by Crippen LogP contribution is -2.22. The summed E-state index contributed by atoms with van der Waals surface area (Å²) in [6.07, 6.45) is 5.38. The Morgan fingerprint density at radius 1 is 1.25 bits per heavy atom. The Hall–Kier alpha value is -2.37. The van der Waals surface area contributed by atoms with E-state index in [4.69, 9.17) is 14.2 Å². The molecule has 6 nitrogen and oxygen atoms in total. The van der Waals surface area contributed by atoms with Crippen molar-refractivity contribution < 1.29 is 28.6 Å². The van der Waals surface area contributed by atoms with E-state index in [-0.39, 0.29) is 18.5 Å². The lowest BCUT2D eigenvalue weighted by atomic mass is 9.93. The molecule has 0 N–H and O–H groups in total. The summed E-state index contributed by atoms with van der Waals surface area (Å²) in [6.45, 7) is 9.08. The lowest BCUT2D eigenvalue weighted by Gasteiger charge is -2.22. The number of hydrogen-bond donors (Lipinski definition) is 0. The summed E-state index contributed by atoms with van der Waals surface area (Å²) in [5, 5.41) is 0. The van der Waals surface area contributed by atoms with Crippen molar-refractivity contribution in [2.75, 3.05) is 6.61 Å². The van der Waals surface area contributed by atoms with Crippen molar-refractivity contribution in [3.8, 4) is 0 Å². The fourth-order valence-corrected chi connectivity index (χ4v) is 3.27. The summed E-state index contributed by atoms with van der Waals surface area (Å²) >= 11 is 0. The van der Waals surface area contributed by atoms with Crippen molar-refractivity contribution in [2.24, 2.45) is 5.92 Å². The normalized spacial score (nSPS) is 26.6. The first-order valence-electron chi connectivity index (χ1n) is 9.77. The molecule has 1 aliphatic heterocycles. The molecular weight excluding hydrogens is 360 g/mol. The summed E-state index contributed by atoms with van der Waals surface area (Å²) < 4.78 is 16.3. The van der Waals surface area contributed by atoms with Crippen LogP contribution in [0.2, 0.25) is 0 Å². The standard InChI is InChI=1S/C22H30O6/c1-13(2)10-21(24)27-19-9-7-14(3)6-8-17-18(12-26-16(5)23)22(25)28-20(17)11-15(19)4/h7,11,13,19-20H,6,8-10,12H2,1-5H3/b14-7-,15-11+/t19-,20+/m0/s1. The van der Waals surface area contributed by atoms with Crippen LogP contribution in [0, 0.1) is 5.92 Å². The second kappa shape index (κ2) is 9.71. The van der Waals surface area contributed by atoms with Gasteiger partial charge in [-0.1, -0.05) is 25.5 Å². The maximum Gasteiger partial charge on any atom is 0.338 e. The highest BCUT2D eigenvalue weighted by Gasteiger charge is 2.34. The SMILES string of the molecule is CC(=O)OCC1=C2CC/C(C)=C\C[C@H](OC(=O)CC(C)C)/C(C)=C/[C@H]2OC1=O. The maximum atomic E-state index is 12.3. The fraction of sp³-hybridized carbons (Fsp3) is 0.591. The highest BCUT2D eigenvalue weighted by molar-refractivity contribution is 5.93. The van der Waals surface area contributed by atoms with Crippen molar-refractivity contribution in [2.45, 2.75) is 72.5 Å². The average Bonchev–Trinajstić information content (AvgIpc) is 2.87. The average molecular weight is 390 g/mol. The number of hydrogen-bond acceptors (Lipinski definition) is 6. The first-order chi connectivity index (χ1) is 13.2. The van der Waals surface area contributed by atoms with Crippen LogP contribution in [0.15, 0.2) is 34.4 Å². The molecule has 1 heterocycles. The van der Waals surface area contributed by atoms with E-state index in [1.54, 1.807) is 0 Å². The van der Waals surface area contributed by atoms with Crippen LogP contribution in [-0.4, -0.2) is 36.7 Å². The Kier molecular flexibility index (Phi) is 7.61. The second-order valence-electron chi connectivity index (χ2n) is 7.88. The molecule has 2 aliphatic rings. The van der Waals surface area contributed by atoms with Crippen molar-refractivity contribution >= 4 is 17.9 Å². The molecule has 0 saturated heterocycles. The highest BCUT2D eigenvalue weighted by atomic mass is 16.6. The van der Waals surface area contributed by atoms with Crippen LogP contribution < -0.4 is 0 Å². The monoisotopic (exact) mass is 390 g/mol.